The van der Waals surface area contributed by atoms with Gasteiger partial charge in [0.2, 0.25) is 5.91 Å². The molecule has 18 heavy (non-hydrogen) atoms. The lowest BCUT2D eigenvalue weighted by atomic mass is 9.91. The van der Waals surface area contributed by atoms with E-state index in [-0.39, 0.29) is 5.92 Å². The predicted molar refractivity (Wildman–Crippen MR) is 71.4 cm³/mol. The minimum absolute atomic E-state index is 0.229. The first-order valence-corrected chi connectivity index (χ1v) is 7.32. The Balaban J connectivity index is 1.73. The van der Waals surface area contributed by atoms with E-state index in [0.717, 1.165) is 51.6 Å². The number of amides is 1. The third-order valence-corrected chi connectivity index (χ3v) is 4.30. The molecule has 104 valence electrons. The van der Waals surface area contributed by atoms with Crippen molar-refractivity contribution in [1.29, 1.82) is 0 Å². The molecule has 0 radical (unpaired) electrons. The molecule has 0 spiro atoms. The number of piperidine rings is 1. The van der Waals surface area contributed by atoms with Gasteiger partial charge in [-0.1, -0.05) is 0 Å². The maximum absolute atomic E-state index is 12.3. The SMILES string of the molecule is CNCCC1CCN(C(=O)C2CCOCC2)CC1. The van der Waals surface area contributed by atoms with Crippen LogP contribution in [0.3, 0.4) is 0 Å². The van der Waals surface area contributed by atoms with E-state index in [9.17, 15) is 4.79 Å². The van der Waals surface area contributed by atoms with Crippen LogP contribution in [-0.4, -0.2) is 50.7 Å². The van der Waals surface area contributed by atoms with Gasteiger partial charge in [0.25, 0.3) is 0 Å². The fraction of sp³-hybridized carbons (Fsp3) is 0.929. The Morgan fingerprint density at radius 1 is 1.22 bits per heavy atom. The number of hydrogen-bond donors (Lipinski definition) is 1. The Kier molecular flexibility index (Phi) is 5.45. The van der Waals surface area contributed by atoms with Crippen molar-refractivity contribution >= 4 is 5.91 Å². The van der Waals surface area contributed by atoms with Crippen molar-refractivity contribution < 1.29 is 9.53 Å². The number of ether oxygens (including phenoxy) is 1. The Labute approximate surface area is 110 Å². The van der Waals surface area contributed by atoms with E-state index in [0.29, 0.717) is 5.91 Å². The number of rotatable bonds is 4. The third-order valence-electron chi connectivity index (χ3n) is 4.30. The van der Waals surface area contributed by atoms with Gasteiger partial charge in [0, 0.05) is 32.2 Å². The zero-order chi connectivity index (χ0) is 12.8. The first-order chi connectivity index (χ1) is 8.81. The van der Waals surface area contributed by atoms with Crippen molar-refractivity contribution in [3.8, 4) is 0 Å². The molecule has 0 atom stereocenters. The van der Waals surface area contributed by atoms with E-state index in [1.54, 1.807) is 0 Å². The summed E-state index contributed by atoms with van der Waals surface area (Å²) < 4.78 is 5.32. The standard InChI is InChI=1S/C14H26N2O2/c1-15-7-2-12-3-8-16(9-4-12)14(17)13-5-10-18-11-6-13/h12-13,15H,2-11H2,1H3. The van der Waals surface area contributed by atoms with Crippen molar-refractivity contribution in [1.82, 2.24) is 10.2 Å². The summed E-state index contributed by atoms with van der Waals surface area (Å²) in [5, 5.41) is 3.21. The predicted octanol–water partition coefficient (Wildman–Crippen LogP) is 1.26. The van der Waals surface area contributed by atoms with Crippen LogP contribution < -0.4 is 5.32 Å². The van der Waals surface area contributed by atoms with E-state index in [2.05, 4.69) is 10.2 Å². The topological polar surface area (TPSA) is 41.6 Å². The Morgan fingerprint density at radius 2 is 1.89 bits per heavy atom. The monoisotopic (exact) mass is 254 g/mol. The minimum Gasteiger partial charge on any atom is -0.381 e. The number of likely N-dealkylation sites (tertiary alicyclic amines) is 1. The van der Waals surface area contributed by atoms with Crippen LogP contribution >= 0.6 is 0 Å². The van der Waals surface area contributed by atoms with Crippen molar-refractivity contribution in [2.45, 2.75) is 32.1 Å². The molecule has 0 unspecified atom stereocenters. The summed E-state index contributed by atoms with van der Waals surface area (Å²) >= 11 is 0. The highest BCUT2D eigenvalue weighted by Crippen LogP contribution is 2.24. The van der Waals surface area contributed by atoms with Crippen LogP contribution in [0, 0.1) is 11.8 Å². The van der Waals surface area contributed by atoms with Gasteiger partial charge in [0.05, 0.1) is 0 Å². The van der Waals surface area contributed by atoms with Gasteiger partial charge >= 0.3 is 0 Å². The maximum Gasteiger partial charge on any atom is 0.225 e. The summed E-state index contributed by atoms with van der Waals surface area (Å²) in [4.78, 5) is 14.4. The Morgan fingerprint density at radius 3 is 2.50 bits per heavy atom. The molecule has 2 aliphatic rings. The van der Waals surface area contributed by atoms with Gasteiger partial charge in [-0.25, -0.2) is 0 Å². The van der Waals surface area contributed by atoms with Crippen molar-refractivity contribution in [2.75, 3.05) is 39.9 Å². The van der Waals surface area contributed by atoms with Gasteiger partial charge in [-0.2, -0.15) is 0 Å². The zero-order valence-corrected chi connectivity index (χ0v) is 11.5. The van der Waals surface area contributed by atoms with Gasteiger partial charge in [-0.05, 0) is 51.6 Å². The number of hydrogen-bond acceptors (Lipinski definition) is 3. The molecular weight excluding hydrogens is 228 g/mol. The molecule has 4 heteroatoms. The number of carbonyl (C=O) groups is 1. The third kappa shape index (κ3) is 3.69. The van der Waals surface area contributed by atoms with Crippen LogP contribution in [0.25, 0.3) is 0 Å². The van der Waals surface area contributed by atoms with Gasteiger partial charge in [-0.3, -0.25) is 4.79 Å². The summed E-state index contributed by atoms with van der Waals surface area (Å²) in [6.45, 7) is 4.54. The van der Waals surface area contributed by atoms with Gasteiger partial charge in [0.15, 0.2) is 0 Å². The fourth-order valence-corrected chi connectivity index (χ4v) is 2.99. The minimum atomic E-state index is 0.229. The molecule has 0 bridgehead atoms. The average Bonchev–Trinajstić information content (AvgIpc) is 2.46. The molecule has 2 fully saturated rings. The van der Waals surface area contributed by atoms with Crippen molar-refractivity contribution in [3.05, 3.63) is 0 Å². The second-order valence-electron chi connectivity index (χ2n) is 5.55. The summed E-state index contributed by atoms with van der Waals surface area (Å²) in [6, 6.07) is 0. The van der Waals surface area contributed by atoms with Crippen molar-refractivity contribution in [3.63, 3.8) is 0 Å². The highest BCUT2D eigenvalue weighted by atomic mass is 16.5. The first kappa shape index (κ1) is 13.8. The molecule has 2 heterocycles. The number of nitrogens with one attached hydrogen (secondary N) is 1. The average molecular weight is 254 g/mol. The second-order valence-corrected chi connectivity index (χ2v) is 5.55. The van der Waals surface area contributed by atoms with Crippen LogP contribution in [0.2, 0.25) is 0 Å². The molecule has 4 nitrogen and oxygen atoms in total. The largest absolute Gasteiger partial charge is 0.381 e. The van der Waals surface area contributed by atoms with Gasteiger partial charge < -0.3 is 15.0 Å². The molecule has 0 aromatic carbocycles. The van der Waals surface area contributed by atoms with Crippen LogP contribution in [0.5, 0.6) is 0 Å². The molecule has 1 N–H and O–H groups in total. The lowest BCUT2D eigenvalue weighted by Crippen LogP contribution is -2.43. The highest BCUT2D eigenvalue weighted by molar-refractivity contribution is 5.79. The Bertz CT molecular complexity index is 257. The summed E-state index contributed by atoms with van der Waals surface area (Å²) in [5.41, 5.74) is 0. The van der Waals surface area contributed by atoms with E-state index >= 15 is 0 Å². The van der Waals surface area contributed by atoms with Crippen LogP contribution in [0.4, 0.5) is 0 Å². The molecule has 0 aromatic rings. The summed E-state index contributed by atoms with van der Waals surface area (Å²) in [6.07, 6.45) is 5.43. The molecule has 0 saturated carbocycles. The van der Waals surface area contributed by atoms with Crippen molar-refractivity contribution in [2.24, 2.45) is 11.8 Å². The quantitative estimate of drug-likeness (QED) is 0.821. The van der Waals surface area contributed by atoms with E-state index in [1.807, 2.05) is 7.05 Å². The van der Waals surface area contributed by atoms with E-state index < -0.39 is 0 Å². The number of nitrogens with zero attached hydrogens (tertiary/aromatic N) is 1. The molecule has 0 aliphatic carbocycles. The lowest BCUT2D eigenvalue weighted by Gasteiger charge is -2.35. The molecule has 1 amide bonds. The molecule has 0 aromatic heterocycles. The zero-order valence-electron chi connectivity index (χ0n) is 11.5. The molecule has 2 saturated heterocycles. The van der Waals surface area contributed by atoms with E-state index in [1.165, 1.54) is 19.3 Å². The number of carbonyl (C=O) groups excluding carboxylic acids is 1. The molecule has 2 aliphatic heterocycles. The summed E-state index contributed by atoms with van der Waals surface area (Å²) in [5.74, 6) is 1.41. The summed E-state index contributed by atoms with van der Waals surface area (Å²) in [7, 11) is 2.00. The maximum atomic E-state index is 12.3. The highest BCUT2D eigenvalue weighted by Gasteiger charge is 2.29. The van der Waals surface area contributed by atoms with Gasteiger partial charge in [-0.15, -0.1) is 0 Å². The fourth-order valence-electron chi connectivity index (χ4n) is 2.99. The molecule has 2 rings (SSSR count). The van der Waals surface area contributed by atoms with Gasteiger partial charge in [0.1, 0.15) is 0 Å². The normalized spacial score (nSPS) is 23.3. The van der Waals surface area contributed by atoms with Crippen LogP contribution in [-0.2, 0) is 9.53 Å². The van der Waals surface area contributed by atoms with E-state index in [4.69, 9.17) is 4.74 Å². The van der Waals surface area contributed by atoms with Crippen LogP contribution in [0.1, 0.15) is 32.1 Å². The molecular formula is C14H26N2O2. The first-order valence-electron chi connectivity index (χ1n) is 7.32. The lowest BCUT2D eigenvalue weighted by molar-refractivity contribution is -0.140. The Hall–Kier alpha value is -0.610. The van der Waals surface area contributed by atoms with Crippen LogP contribution in [0.15, 0.2) is 0 Å². The smallest absolute Gasteiger partial charge is 0.225 e. The second kappa shape index (κ2) is 7.10.